The van der Waals surface area contributed by atoms with E-state index >= 15 is 0 Å². The van der Waals surface area contributed by atoms with Gasteiger partial charge in [0.1, 0.15) is 19.3 Å². The quantitative estimate of drug-likeness (QED) is 0.246. The largest absolute Gasteiger partial charge is 0.480 e. The van der Waals surface area contributed by atoms with Crippen LogP contribution in [0.2, 0.25) is 5.02 Å². The number of halogens is 1. The Bertz CT molecular complexity index is 1240. The lowest BCUT2D eigenvalue weighted by Gasteiger charge is -2.17. The first-order valence-corrected chi connectivity index (χ1v) is 13.2. The van der Waals surface area contributed by atoms with Crippen LogP contribution in [0.5, 0.6) is 0 Å². The fourth-order valence-electron chi connectivity index (χ4n) is 4.40. The molecule has 2 amide bonds. The van der Waals surface area contributed by atoms with Crippen LogP contribution in [0, 0.1) is 0 Å². The number of fused-ring (bicyclic) bond motifs is 3. The summed E-state index contributed by atoms with van der Waals surface area (Å²) in [5.74, 6) is -1.06. The summed E-state index contributed by atoms with van der Waals surface area (Å²) in [5, 5.41) is 12.3. The van der Waals surface area contributed by atoms with E-state index in [-0.39, 0.29) is 19.1 Å². The standard InChI is InChI=1S/C22H25NO4.C8H8ClNO2/c1-2-3-4-13-20(21(24)25)23-22(26)27-14-19-17-11-7-5-9-15(17)16-10-6-8-12-18(16)19;9-7-4-2-1-3-6(7)5-12-8(10)11/h5-12,19-20H,2-4,13-14H2,1H3,(H,23,26)(H,24,25);1-4H,5H2,(H2,10,11)/t20-;/m0./s1. The maximum atomic E-state index is 12.2. The molecule has 4 rings (SSSR count). The summed E-state index contributed by atoms with van der Waals surface area (Å²) >= 11 is 5.78. The number of carboxylic acid groups (broad SMARTS) is 1. The summed E-state index contributed by atoms with van der Waals surface area (Å²) < 4.78 is 9.98. The van der Waals surface area contributed by atoms with Crippen molar-refractivity contribution in [2.75, 3.05) is 6.61 Å². The molecule has 39 heavy (non-hydrogen) atoms. The van der Waals surface area contributed by atoms with Crippen molar-refractivity contribution in [2.45, 2.75) is 51.2 Å². The van der Waals surface area contributed by atoms with Gasteiger partial charge in [-0.25, -0.2) is 14.4 Å². The third-order valence-electron chi connectivity index (χ3n) is 6.36. The van der Waals surface area contributed by atoms with Gasteiger partial charge in [-0.05, 0) is 34.7 Å². The molecule has 0 heterocycles. The minimum absolute atomic E-state index is 0.0356. The molecule has 0 saturated carbocycles. The SMILES string of the molecule is CCCCC[C@H](NC(=O)OCC1c2ccccc2-c2ccccc21)C(=O)O.NC(=O)OCc1ccccc1Cl. The molecule has 0 unspecified atom stereocenters. The third kappa shape index (κ3) is 8.48. The van der Waals surface area contributed by atoms with Crippen LogP contribution in [0.1, 0.15) is 55.2 Å². The molecular formula is C30H33ClN2O6. The smallest absolute Gasteiger partial charge is 0.407 e. The average Bonchev–Trinajstić information content (AvgIpc) is 3.25. The number of alkyl carbamates (subject to hydrolysis) is 1. The Morgan fingerprint density at radius 2 is 1.51 bits per heavy atom. The zero-order valence-corrected chi connectivity index (χ0v) is 22.5. The number of rotatable bonds is 10. The van der Waals surface area contributed by atoms with Crippen LogP contribution in [0.3, 0.4) is 0 Å². The Morgan fingerprint density at radius 3 is 2.08 bits per heavy atom. The molecule has 3 aromatic carbocycles. The van der Waals surface area contributed by atoms with Crippen molar-refractivity contribution in [3.05, 3.63) is 94.5 Å². The second kappa shape index (κ2) is 14.8. The van der Waals surface area contributed by atoms with E-state index in [4.69, 9.17) is 22.1 Å². The van der Waals surface area contributed by atoms with Crippen molar-refractivity contribution >= 4 is 29.8 Å². The molecule has 4 N–H and O–H groups in total. The van der Waals surface area contributed by atoms with Gasteiger partial charge in [-0.2, -0.15) is 0 Å². The van der Waals surface area contributed by atoms with Crippen molar-refractivity contribution in [1.29, 1.82) is 0 Å². The number of ether oxygens (including phenoxy) is 2. The number of carboxylic acids is 1. The Kier molecular flexibility index (Phi) is 11.2. The topological polar surface area (TPSA) is 128 Å². The lowest BCUT2D eigenvalue weighted by molar-refractivity contribution is -0.139. The second-order valence-electron chi connectivity index (χ2n) is 9.06. The van der Waals surface area contributed by atoms with Gasteiger partial charge in [-0.1, -0.05) is 105 Å². The minimum atomic E-state index is -1.03. The maximum Gasteiger partial charge on any atom is 0.407 e. The van der Waals surface area contributed by atoms with Gasteiger partial charge in [-0.15, -0.1) is 0 Å². The number of benzene rings is 3. The van der Waals surface area contributed by atoms with Gasteiger partial charge in [0, 0.05) is 16.5 Å². The zero-order valence-electron chi connectivity index (χ0n) is 21.8. The molecule has 3 aromatic rings. The highest BCUT2D eigenvalue weighted by Crippen LogP contribution is 2.44. The van der Waals surface area contributed by atoms with E-state index in [0.717, 1.165) is 47.1 Å². The first-order valence-electron chi connectivity index (χ1n) is 12.8. The number of amides is 2. The predicted molar refractivity (Wildman–Crippen MR) is 150 cm³/mol. The minimum Gasteiger partial charge on any atom is -0.480 e. The maximum absolute atomic E-state index is 12.2. The summed E-state index contributed by atoms with van der Waals surface area (Å²) in [6.45, 7) is 2.35. The molecule has 0 spiro atoms. The van der Waals surface area contributed by atoms with E-state index in [1.807, 2.05) is 42.5 Å². The normalized spacial score (nSPS) is 12.3. The Balaban J connectivity index is 0.000000293. The molecule has 206 valence electrons. The van der Waals surface area contributed by atoms with Crippen molar-refractivity contribution < 1.29 is 29.0 Å². The van der Waals surface area contributed by atoms with Crippen LogP contribution < -0.4 is 11.1 Å². The second-order valence-corrected chi connectivity index (χ2v) is 9.46. The van der Waals surface area contributed by atoms with Crippen molar-refractivity contribution in [2.24, 2.45) is 5.73 Å². The van der Waals surface area contributed by atoms with E-state index in [2.05, 4.69) is 29.1 Å². The lowest BCUT2D eigenvalue weighted by atomic mass is 9.98. The Morgan fingerprint density at radius 1 is 0.923 bits per heavy atom. The molecule has 0 bridgehead atoms. The van der Waals surface area contributed by atoms with Crippen molar-refractivity contribution in [3.8, 4) is 11.1 Å². The van der Waals surface area contributed by atoms with Crippen molar-refractivity contribution in [3.63, 3.8) is 0 Å². The molecule has 0 fully saturated rings. The van der Waals surface area contributed by atoms with Crippen LogP contribution >= 0.6 is 11.6 Å². The van der Waals surface area contributed by atoms with Gasteiger partial charge < -0.3 is 25.6 Å². The summed E-state index contributed by atoms with van der Waals surface area (Å²) in [7, 11) is 0. The van der Waals surface area contributed by atoms with E-state index in [1.54, 1.807) is 18.2 Å². The molecule has 0 saturated heterocycles. The zero-order chi connectivity index (χ0) is 28.2. The highest BCUT2D eigenvalue weighted by Gasteiger charge is 2.29. The monoisotopic (exact) mass is 552 g/mol. The molecule has 9 heteroatoms. The van der Waals surface area contributed by atoms with Crippen LogP contribution in [-0.2, 0) is 20.9 Å². The highest BCUT2D eigenvalue weighted by molar-refractivity contribution is 6.31. The molecule has 1 aliphatic rings. The van der Waals surface area contributed by atoms with Crippen LogP contribution in [0.15, 0.2) is 72.8 Å². The van der Waals surface area contributed by atoms with E-state index < -0.39 is 24.2 Å². The Hall–Kier alpha value is -4.04. The fourth-order valence-corrected chi connectivity index (χ4v) is 4.59. The van der Waals surface area contributed by atoms with Crippen LogP contribution in [-0.4, -0.2) is 35.9 Å². The molecule has 0 radical (unpaired) electrons. The number of primary amides is 1. The number of carbonyl (C=O) groups is 3. The number of unbranched alkanes of at least 4 members (excludes halogenated alkanes) is 2. The summed E-state index contributed by atoms with van der Waals surface area (Å²) in [4.78, 5) is 33.8. The van der Waals surface area contributed by atoms with Gasteiger partial charge in [0.05, 0.1) is 0 Å². The van der Waals surface area contributed by atoms with Gasteiger partial charge in [0.25, 0.3) is 0 Å². The number of hydrogen-bond donors (Lipinski definition) is 3. The van der Waals surface area contributed by atoms with E-state index in [9.17, 15) is 19.5 Å². The first kappa shape index (κ1) is 29.5. The van der Waals surface area contributed by atoms with E-state index in [0.29, 0.717) is 11.4 Å². The van der Waals surface area contributed by atoms with Gasteiger partial charge in [0.2, 0.25) is 0 Å². The molecule has 1 atom stereocenters. The Labute approximate surface area is 233 Å². The summed E-state index contributed by atoms with van der Waals surface area (Å²) in [5.41, 5.74) is 10.1. The first-order chi connectivity index (χ1) is 18.8. The number of nitrogens with one attached hydrogen (secondary N) is 1. The van der Waals surface area contributed by atoms with Crippen LogP contribution in [0.4, 0.5) is 9.59 Å². The van der Waals surface area contributed by atoms with Gasteiger partial charge in [0.15, 0.2) is 0 Å². The summed E-state index contributed by atoms with van der Waals surface area (Å²) in [6.07, 6.45) is 1.63. The third-order valence-corrected chi connectivity index (χ3v) is 6.73. The van der Waals surface area contributed by atoms with Crippen LogP contribution in [0.25, 0.3) is 11.1 Å². The fraction of sp³-hybridized carbons (Fsp3) is 0.300. The molecule has 0 aromatic heterocycles. The van der Waals surface area contributed by atoms with E-state index in [1.165, 1.54) is 0 Å². The van der Waals surface area contributed by atoms with Gasteiger partial charge in [-0.3, -0.25) is 0 Å². The molecule has 0 aliphatic heterocycles. The molecule has 8 nitrogen and oxygen atoms in total. The summed E-state index contributed by atoms with van der Waals surface area (Å²) in [6, 6.07) is 22.4. The lowest BCUT2D eigenvalue weighted by Crippen LogP contribution is -2.41. The number of carbonyl (C=O) groups excluding carboxylic acids is 2. The number of hydrogen-bond acceptors (Lipinski definition) is 5. The number of nitrogens with two attached hydrogens (primary N) is 1. The highest BCUT2D eigenvalue weighted by atomic mass is 35.5. The molecule has 1 aliphatic carbocycles. The predicted octanol–water partition coefficient (Wildman–Crippen LogP) is 6.49. The molecular weight excluding hydrogens is 520 g/mol. The average molecular weight is 553 g/mol. The van der Waals surface area contributed by atoms with Crippen molar-refractivity contribution in [1.82, 2.24) is 5.32 Å². The van der Waals surface area contributed by atoms with Gasteiger partial charge >= 0.3 is 18.2 Å². The number of aliphatic carboxylic acids is 1.